The molecule has 3 amide bonds. The van der Waals surface area contributed by atoms with Gasteiger partial charge in [-0.05, 0) is 24.6 Å². The Bertz CT molecular complexity index is 472. The molecular weight excluding hydrogens is 270 g/mol. The zero-order valence-corrected chi connectivity index (χ0v) is 13.0. The van der Waals surface area contributed by atoms with Crippen molar-refractivity contribution in [2.45, 2.75) is 19.5 Å². The molecule has 0 aliphatic heterocycles. The monoisotopic (exact) mass is 293 g/mol. The second-order valence-electron chi connectivity index (χ2n) is 5.08. The average Bonchev–Trinajstić information content (AvgIpc) is 2.45. The van der Waals surface area contributed by atoms with Gasteiger partial charge in [0, 0.05) is 33.3 Å². The maximum atomic E-state index is 11.7. The van der Waals surface area contributed by atoms with Crippen LogP contribution in [0, 0.1) is 0 Å². The molecule has 0 aliphatic carbocycles. The van der Waals surface area contributed by atoms with E-state index in [1.807, 2.05) is 19.1 Å². The standard InChI is InChI=1S/C15H23N3O3/c1-11(10-21-4)17-15(20)16-9-12-5-7-13(8-6-12)14(19)18(2)3/h5-8,11H,9-10H2,1-4H3,(H2,16,17,20). The SMILES string of the molecule is COCC(C)NC(=O)NCc1ccc(C(=O)N(C)C)cc1. The predicted molar refractivity (Wildman–Crippen MR) is 81.2 cm³/mol. The molecule has 2 N–H and O–H groups in total. The van der Waals surface area contributed by atoms with E-state index in [0.29, 0.717) is 18.7 Å². The molecule has 0 heterocycles. The van der Waals surface area contributed by atoms with Gasteiger partial charge in [0.05, 0.1) is 12.6 Å². The highest BCUT2D eigenvalue weighted by molar-refractivity contribution is 5.93. The summed E-state index contributed by atoms with van der Waals surface area (Å²) in [7, 11) is 5.01. The van der Waals surface area contributed by atoms with E-state index >= 15 is 0 Å². The molecule has 1 aromatic carbocycles. The molecule has 0 saturated heterocycles. The summed E-state index contributed by atoms with van der Waals surface area (Å²) in [6, 6.07) is 6.88. The molecule has 6 heteroatoms. The van der Waals surface area contributed by atoms with Gasteiger partial charge in [-0.15, -0.1) is 0 Å². The molecule has 0 spiro atoms. The number of hydrogen-bond acceptors (Lipinski definition) is 3. The Kier molecular flexibility index (Phi) is 6.68. The van der Waals surface area contributed by atoms with Crippen LogP contribution in [0.25, 0.3) is 0 Å². The van der Waals surface area contributed by atoms with E-state index < -0.39 is 0 Å². The van der Waals surface area contributed by atoms with E-state index in [1.165, 1.54) is 4.90 Å². The van der Waals surface area contributed by atoms with Gasteiger partial charge in [-0.1, -0.05) is 12.1 Å². The number of benzene rings is 1. The smallest absolute Gasteiger partial charge is 0.315 e. The Morgan fingerprint density at radius 3 is 2.38 bits per heavy atom. The molecular formula is C15H23N3O3. The largest absolute Gasteiger partial charge is 0.383 e. The minimum atomic E-state index is -0.243. The number of methoxy groups -OCH3 is 1. The first-order chi connectivity index (χ1) is 9.93. The van der Waals surface area contributed by atoms with Crippen LogP contribution in [0.3, 0.4) is 0 Å². The molecule has 6 nitrogen and oxygen atoms in total. The lowest BCUT2D eigenvalue weighted by Gasteiger charge is -2.14. The summed E-state index contributed by atoms with van der Waals surface area (Å²) >= 11 is 0. The quantitative estimate of drug-likeness (QED) is 0.828. The maximum Gasteiger partial charge on any atom is 0.315 e. The Morgan fingerprint density at radius 2 is 1.86 bits per heavy atom. The van der Waals surface area contributed by atoms with Crippen molar-refractivity contribution in [2.24, 2.45) is 0 Å². The van der Waals surface area contributed by atoms with Crippen molar-refractivity contribution in [3.8, 4) is 0 Å². The zero-order chi connectivity index (χ0) is 15.8. The van der Waals surface area contributed by atoms with Gasteiger partial charge in [0.25, 0.3) is 5.91 Å². The molecule has 0 bridgehead atoms. The number of urea groups is 1. The van der Waals surface area contributed by atoms with Gasteiger partial charge in [-0.25, -0.2) is 4.79 Å². The van der Waals surface area contributed by atoms with Gasteiger partial charge in [0.15, 0.2) is 0 Å². The summed E-state index contributed by atoms with van der Waals surface area (Å²) < 4.78 is 4.94. The van der Waals surface area contributed by atoms with Crippen LogP contribution < -0.4 is 10.6 Å². The number of carbonyl (C=O) groups excluding carboxylic acids is 2. The van der Waals surface area contributed by atoms with Crippen molar-refractivity contribution < 1.29 is 14.3 Å². The van der Waals surface area contributed by atoms with Crippen LogP contribution in [-0.2, 0) is 11.3 Å². The van der Waals surface area contributed by atoms with Crippen LogP contribution in [0.15, 0.2) is 24.3 Å². The summed E-state index contributed by atoms with van der Waals surface area (Å²) in [5.41, 5.74) is 1.56. The van der Waals surface area contributed by atoms with Crippen molar-refractivity contribution >= 4 is 11.9 Å². The van der Waals surface area contributed by atoms with Crippen molar-refractivity contribution in [1.82, 2.24) is 15.5 Å². The fraction of sp³-hybridized carbons (Fsp3) is 0.467. The Balaban J connectivity index is 2.46. The Hall–Kier alpha value is -2.08. The molecule has 0 radical (unpaired) electrons. The molecule has 0 aromatic heterocycles. The number of ether oxygens (including phenoxy) is 1. The highest BCUT2D eigenvalue weighted by Gasteiger charge is 2.08. The first-order valence-electron chi connectivity index (χ1n) is 6.78. The van der Waals surface area contributed by atoms with Gasteiger partial charge in [0.2, 0.25) is 0 Å². The third-order valence-electron chi connectivity index (χ3n) is 2.85. The third kappa shape index (κ3) is 5.83. The van der Waals surface area contributed by atoms with Crippen LogP contribution in [0.4, 0.5) is 4.79 Å². The molecule has 0 saturated carbocycles. The molecule has 21 heavy (non-hydrogen) atoms. The van der Waals surface area contributed by atoms with Crippen molar-refractivity contribution in [3.05, 3.63) is 35.4 Å². The first kappa shape index (κ1) is 17.0. The summed E-state index contributed by atoms with van der Waals surface area (Å²) in [5.74, 6) is -0.0411. The van der Waals surface area contributed by atoms with Gasteiger partial charge in [-0.3, -0.25) is 4.79 Å². The van der Waals surface area contributed by atoms with Gasteiger partial charge in [0.1, 0.15) is 0 Å². The normalized spacial score (nSPS) is 11.6. The third-order valence-corrected chi connectivity index (χ3v) is 2.85. The molecule has 1 aromatic rings. The lowest BCUT2D eigenvalue weighted by atomic mass is 10.1. The van der Waals surface area contributed by atoms with Crippen LogP contribution in [0.1, 0.15) is 22.8 Å². The second-order valence-corrected chi connectivity index (χ2v) is 5.08. The van der Waals surface area contributed by atoms with Crippen molar-refractivity contribution in [1.29, 1.82) is 0 Å². The van der Waals surface area contributed by atoms with Crippen molar-refractivity contribution in [2.75, 3.05) is 27.8 Å². The second kappa shape index (κ2) is 8.26. The van der Waals surface area contributed by atoms with Gasteiger partial charge < -0.3 is 20.3 Å². The average molecular weight is 293 g/mol. The lowest BCUT2D eigenvalue weighted by molar-refractivity contribution is 0.0827. The fourth-order valence-corrected chi connectivity index (χ4v) is 1.77. The summed E-state index contributed by atoms with van der Waals surface area (Å²) in [5, 5.41) is 5.52. The number of hydrogen-bond donors (Lipinski definition) is 2. The van der Waals surface area contributed by atoms with Crippen LogP contribution in [0.2, 0.25) is 0 Å². The lowest BCUT2D eigenvalue weighted by Crippen LogP contribution is -2.42. The van der Waals surface area contributed by atoms with Gasteiger partial charge >= 0.3 is 6.03 Å². The number of nitrogens with one attached hydrogen (secondary N) is 2. The minimum Gasteiger partial charge on any atom is -0.383 e. The van der Waals surface area contributed by atoms with E-state index in [1.54, 1.807) is 33.3 Å². The number of rotatable bonds is 6. The number of carbonyl (C=O) groups is 2. The van der Waals surface area contributed by atoms with E-state index in [-0.39, 0.29) is 18.0 Å². The molecule has 116 valence electrons. The predicted octanol–water partition coefficient (Wildman–Crippen LogP) is 1.22. The Labute approximate surface area is 125 Å². The van der Waals surface area contributed by atoms with Crippen LogP contribution in [0.5, 0.6) is 0 Å². The maximum absolute atomic E-state index is 11.7. The molecule has 0 aliphatic rings. The zero-order valence-electron chi connectivity index (χ0n) is 13.0. The van der Waals surface area contributed by atoms with E-state index in [0.717, 1.165) is 5.56 Å². The molecule has 1 unspecified atom stereocenters. The van der Waals surface area contributed by atoms with Gasteiger partial charge in [-0.2, -0.15) is 0 Å². The number of nitrogens with zero attached hydrogens (tertiary/aromatic N) is 1. The highest BCUT2D eigenvalue weighted by Crippen LogP contribution is 2.06. The topological polar surface area (TPSA) is 70.7 Å². The van der Waals surface area contributed by atoms with Crippen molar-refractivity contribution in [3.63, 3.8) is 0 Å². The highest BCUT2D eigenvalue weighted by atomic mass is 16.5. The van der Waals surface area contributed by atoms with E-state index in [2.05, 4.69) is 10.6 Å². The van der Waals surface area contributed by atoms with Crippen LogP contribution in [-0.4, -0.2) is 50.7 Å². The molecule has 0 fully saturated rings. The summed E-state index contributed by atoms with van der Waals surface area (Å²) in [6.45, 7) is 2.74. The Morgan fingerprint density at radius 1 is 1.24 bits per heavy atom. The first-order valence-corrected chi connectivity index (χ1v) is 6.78. The number of amides is 3. The molecule has 1 rings (SSSR count). The van der Waals surface area contributed by atoms with E-state index in [9.17, 15) is 9.59 Å². The molecule has 1 atom stereocenters. The van der Waals surface area contributed by atoms with E-state index in [4.69, 9.17) is 4.74 Å². The summed E-state index contributed by atoms with van der Waals surface area (Å²) in [4.78, 5) is 24.9. The van der Waals surface area contributed by atoms with Crippen LogP contribution >= 0.6 is 0 Å². The fourth-order valence-electron chi connectivity index (χ4n) is 1.77. The minimum absolute atomic E-state index is 0.0411. The summed E-state index contributed by atoms with van der Waals surface area (Å²) in [6.07, 6.45) is 0.